The van der Waals surface area contributed by atoms with Gasteiger partial charge in [-0.05, 0) is 75.6 Å². The average Bonchev–Trinajstić information content (AvgIpc) is 3.45. The molecule has 1 aromatic carbocycles. The van der Waals surface area contributed by atoms with Gasteiger partial charge in [-0.2, -0.15) is 5.10 Å². The maximum absolute atomic E-state index is 5.94. The number of anilines is 1. The Labute approximate surface area is 195 Å². The smallest absolute Gasteiger partial charge is 0.148 e. The first-order valence-corrected chi connectivity index (χ1v) is 12.3. The molecule has 1 saturated carbocycles. The second kappa shape index (κ2) is 8.06. The molecule has 1 aliphatic carbocycles. The van der Waals surface area contributed by atoms with Crippen molar-refractivity contribution in [2.75, 3.05) is 25.0 Å². The maximum atomic E-state index is 5.94. The van der Waals surface area contributed by atoms with E-state index in [1.165, 1.54) is 32.4 Å². The van der Waals surface area contributed by atoms with E-state index < -0.39 is 0 Å². The van der Waals surface area contributed by atoms with Crippen LogP contribution in [0.4, 0.5) is 5.82 Å². The molecule has 3 aromatic rings. The third kappa shape index (κ3) is 4.24. The molecular weight excluding hydrogens is 412 g/mol. The lowest BCUT2D eigenvalue weighted by atomic mass is 9.93. The fourth-order valence-electron chi connectivity index (χ4n) is 6.34. The van der Waals surface area contributed by atoms with Crippen LogP contribution in [-0.2, 0) is 11.8 Å². The van der Waals surface area contributed by atoms with Gasteiger partial charge in [-0.25, -0.2) is 0 Å². The van der Waals surface area contributed by atoms with Gasteiger partial charge >= 0.3 is 0 Å². The number of aromatic nitrogens is 4. The Morgan fingerprint density at radius 2 is 1.88 bits per heavy atom. The molecule has 1 N–H and O–H groups in total. The molecule has 2 aromatic heterocycles. The second-order valence-electron chi connectivity index (χ2n) is 10.9. The molecular formula is C26H34N6O. The second-order valence-corrected chi connectivity index (χ2v) is 10.9. The van der Waals surface area contributed by atoms with Crippen molar-refractivity contribution in [1.82, 2.24) is 24.9 Å². The van der Waals surface area contributed by atoms with Crippen molar-refractivity contribution in [3.05, 3.63) is 36.5 Å². The van der Waals surface area contributed by atoms with Crippen molar-refractivity contribution >= 4 is 16.7 Å². The third-order valence-corrected chi connectivity index (χ3v) is 7.90. The summed E-state index contributed by atoms with van der Waals surface area (Å²) in [4.78, 5) is 2.75. The Morgan fingerprint density at radius 3 is 2.61 bits per heavy atom. The molecule has 2 aliphatic heterocycles. The molecule has 4 heterocycles. The summed E-state index contributed by atoms with van der Waals surface area (Å²) in [5, 5.41) is 18.2. The molecule has 33 heavy (non-hydrogen) atoms. The molecule has 0 amide bonds. The molecule has 0 bridgehead atoms. The summed E-state index contributed by atoms with van der Waals surface area (Å²) in [6.45, 7) is 7.85. The zero-order chi connectivity index (χ0) is 22.6. The fourth-order valence-corrected chi connectivity index (χ4v) is 6.34. The number of aryl methyl sites for hydroxylation is 1. The normalized spacial score (nSPS) is 29.4. The molecule has 7 nitrogen and oxygen atoms in total. The molecule has 4 atom stereocenters. The van der Waals surface area contributed by atoms with Crippen LogP contribution in [0.25, 0.3) is 22.2 Å². The number of nitrogens with one attached hydrogen (secondary N) is 1. The van der Waals surface area contributed by atoms with Crippen LogP contribution in [-0.4, -0.2) is 62.3 Å². The van der Waals surface area contributed by atoms with Crippen molar-refractivity contribution in [2.45, 2.75) is 57.2 Å². The molecule has 3 fully saturated rings. The Morgan fingerprint density at radius 1 is 1.06 bits per heavy atom. The van der Waals surface area contributed by atoms with Crippen molar-refractivity contribution in [3.63, 3.8) is 0 Å². The number of rotatable bonds is 4. The first-order valence-electron chi connectivity index (χ1n) is 12.3. The van der Waals surface area contributed by atoms with Crippen molar-refractivity contribution in [1.29, 1.82) is 0 Å². The van der Waals surface area contributed by atoms with E-state index in [4.69, 9.17) is 4.74 Å². The van der Waals surface area contributed by atoms with Crippen LogP contribution in [0.5, 0.6) is 0 Å². The van der Waals surface area contributed by atoms with Gasteiger partial charge in [0.15, 0.2) is 0 Å². The molecule has 2 saturated heterocycles. The maximum Gasteiger partial charge on any atom is 0.148 e. The van der Waals surface area contributed by atoms with E-state index in [0.29, 0.717) is 12.1 Å². The summed E-state index contributed by atoms with van der Waals surface area (Å²) >= 11 is 0. The highest BCUT2D eigenvalue weighted by Crippen LogP contribution is 2.41. The highest BCUT2D eigenvalue weighted by atomic mass is 16.5. The molecule has 3 aliphatic rings. The van der Waals surface area contributed by atoms with Crippen molar-refractivity contribution in [2.24, 2.45) is 18.9 Å². The predicted molar refractivity (Wildman–Crippen MR) is 130 cm³/mol. The van der Waals surface area contributed by atoms with Crippen LogP contribution in [0.3, 0.4) is 0 Å². The minimum Gasteiger partial charge on any atom is -0.375 e. The summed E-state index contributed by atoms with van der Waals surface area (Å²) in [6.07, 6.45) is 6.83. The average molecular weight is 447 g/mol. The Balaban J connectivity index is 1.06. The van der Waals surface area contributed by atoms with Gasteiger partial charge in [0.1, 0.15) is 5.82 Å². The van der Waals surface area contributed by atoms with E-state index in [2.05, 4.69) is 63.6 Å². The minimum atomic E-state index is 0.0271. The highest BCUT2D eigenvalue weighted by molar-refractivity contribution is 5.83. The van der Waals surface area contributed by atoms with E-state index in [-0.39, 0.29) is 5.60 Å². The zero-order valence-corrected chi connectivity index (χ0v) is 19.9. The number of likely N-dealkylation sites (tertiary alicyclic amines) is 1. The van der Waals surface area contributed by atoms with Crippen LogP contribution in [0, 0.1) is 11.8 Å². The number of benzene rings is 1. The molecule has 0 radical (unpaired) electrons. The van der Waals surface area contributed by atoms with Gasteiger partial charge in [-0.3, -0.25) is 9.58 Å². The Bertz CT molecular complexity index is 1130. The molecule has 0 spiro atoms. The van der Waals surface area contributed by atoms with Crippen LogP contribution < -0.4 is 5.32 Å². The quantitative estimate of drug-likeness (QED) is 0.651. The lowest BCUT2D eigenvalue weighted by Crippen LogP contribution is -2.45. The summed E-state index contributed by atoms with van der Waals surface area (Å²) in [6, 6.07) is 11.6. The zero-order valence-electron chi connectivity index (χ0n) is 19.9. The van der Waals surface area contributed by atoms with Gasteiger partial charge in [0.25, 0.3) is 0 Å². The number of nitrogens with zero attached hydrogens (tertiary/aromatic N) is 5. The molecule has 2 unspecified atom stereocenters. The standard InChI is InChI=1S/C26H34N6O/c1-26(2)13-22(8-9-33-26)32-15-18-11-21(12-19(18)16-32)27-25-7-6-23(28-29-25)17-4-5-24-20(10-17)14-31(3)30-24/h4-7,10,14,18-19,21-22H,8-9,11-13,15-16H2,1-3H3,(H,27,29)/t18-,19+,21?,22?. The van der Waals surface area contributed by atoms with Gasteiger partial charge in [0.05, 0.1) is 16.8 Å². The number of fused-ring (bicyclic) bond motifs is 2. The molecule has 7 heteroatoms. The Kier molecular flexibility index (Phi) is 5.14. The van der Waals surface area contributed by atoms with E-state index >= 15 is 0 Å². The highest BCUT2D eigenvalue weighted by Gasteiger charge is 2.44. The summed E-state index contributed by atoms with van der Waals surface area (Å²) in [5.74, 6) is 2.48. The van der Waals surface area contributed by atoms with Gasteiger partial charge in [-0.15, -0.1) is 10.2 Å². The number of hydrogen-bond acceptors (Lipinski definition) is 6. The number of hydrogen-bond donors (Lipinski definition) is 1. The van der Waals surface area contributed by atoms with Crippen molar-refractivity contribution in [3.8, 4) is 11.3 Å². The number of ether oxygens (including phenoxy) is 1. The SMILES string of the molecule is Cn1cc2cc(-c3ccc(NC4C[C@@H]5CN(C6CCOC(C)(C)C6)C[C@@H]5C4)nn3)ccc2n1. The first-order chi connectivity index (χ1) is 15.9. The third-order valence-electron chi connectivity index (χ3n) is 7.90. The fraction of sp³-hybridized carbons (Fsp3) is 0.577. The van der Waals surface area contributed by atoms with E-state index in [1.807, 2.05) is 24.0 Å². The van der Waals surface area contributed by atoms with E-state index in [9.17, 15) is 0 Å². The largest absolute Gasteiger partial charge is 0.375 e. The van der Waals surface area contributed by atoms with Gasteiger partial charge in [0, 0.05) is 56.0 Å². The summed E-state index contributed by atoms with van der Waals surface area (Å²) < 4.78 is 7.78. The lowest BCUT2D eigenvalue weighted by Gasteiger charge is -2.40. The van der Waals surface area contributed by atoms with Gasteiger partial charge < -0.3 is 10.1 Å². The van der Waals surface area contributed by atoms with Gasteiger partial charge in [-0.1, -0.05) is 6.07 Å². The minimum absolute atomic E-state index is 0.0271. The van der Waals surface area contributed by atoms with Crippen molar-refractivity contribution < 1.29 is 4.74 Å². The van der Waals surface area contributed by atoms with Crippen LogP contribution in [0.1, 0.15) is 39.5 Å². The molecule has 174 valence electrons. The topological polar surface area (TPSA) is 68.1 Å². The van der Waals surface area contributed by atoms with Crippen LogP contribution in [0.15, 0.2) is 36.5 Å². The summed E-state index contributed by atoms with van der Waals surface area (Å²) in [7, 11) is 1.94. The monoisotopic (exact) mass is 446 g/mol. The van der Waals surface area contributed by atoms with E-state index in [1.54, 1.807) is 0 Å². The Hall–Kier alpha value is -2.51. The lowest BCUT2D eigenvalue weighted by molar-refractivity contribution is -0.0811. The first kappa shape index (κ1) is 21.1. The van der Waals surface area contributed by atoms with Crippen LogP contribution >= 0.6 is 0 Å². The van der Waals surface area contributed by atoms with E-state index in [0.717, 1.165) is 52.8 Å². The van der Waals surface area contributed by atoms with Gasteiger partial charge in [0.2, 0.25) is 0 Å². The summed E-state index contributed by atoms with van der Waals surface area (Å²) in [5.41, 5.74) is 2.99. The predicted octanol–water partition coefficient (Wildman–Crippen LogP) is 4.11. The van der Waals surface area contributed by atoms with Crippen LogP contribution in [0.2, 0.25) is 0 Å². The molecule has 6 rings (SSSR count).